The van der Waals surface area contributed by atoms with Crippen molar-refractivity contribution < 1.29 is 14.6 Å². The Morgan fingerprint density at radius 3 is 2.56 bits per heavy atom. The molecule has 0 atom stereocenters. The van der Waals surface area contributed by atoms with Crippen molar-refractivity contribution in [2.24, 2.45) is 0 Å². The third kappa shape index (κ3) is 5.66. The van der Waals surface area contributed by atoms with E-state index in [2.05, 4.69) is 23.1 Å². The van der Waals surface area contributed by atoms with Crippen LogP contribution in [0.2, 0.25) is 0 Å². The second-order valence-electron chi connectivity index (χ2n) is 10.9. The van der Waals surface area contributed by atoms with Gasteiger partial charge in [-0.3, -0.25) is 14.2 Å². The minimum Gasteiger partial charge on any atom is -0.481 e. The van der Waals surface area contributed by atoms with Gasteiger partial charge in [-0.2, -0.15) is 15.3 Å². The van der Waals surface area contributed by atoms with E-state index in [4.69, 9.17) is 4.74 Å². The Morgan fingerprint density at radius 2 is 1.90 bits per heavy atom. The van der Waals surface area contributed by atoms with E-state index in [1.807, 2.05) is 53.0 Å². The number of nitriles is 1. The summed E-state index contributed by atoms with van der Waals surface area (Å²) in [5, 5.41) is 23.2. The Labute approximate surface area is 239 Å². The molecule has 1 N–H and O–H groups in total. The van der Waals surface area contributed by atoms with Crippen molar-refractivity contribution in [1.29, 1.82) is 5.26 Å². The summed E-state index contributed by atoms with van der Waals surface area (Å²) in [5.41, 5.74) is 4.51. The maximum absolute atomic E-state index is 14.2. The maximum Gasteiger partial charge on any atom is 0.303 e. The van der Waals surface area contributed by atoms with E-state index in [0.717, 1.165) is 28.8 Å². The second-order valence-corrected chi connectivity index (χ2v) is 10.9. The molecule has 0 spiro atoms. The molecule has 5 rings (SSSR count). The van der Waals surface area contributed by atoms with Crippen LogP contribution in [0.25, 0.3) is 16.9 Å². The van der Waals surface area contributed by atoms with Crippen LogP contribution in [-0.4, -0.2) is 43.0 Å². The SMILES string of the molecule is CCCc1c(Cc2ccc(-c3ccccc3C#N)cc2)c(=O)n([C@H]2CC[C@](CCC(=O)O)(OC)CC2)c2ncnn12. The minimum atomic E-state index is -0.830. The van der Waals surface area contributed by atoms with Gasteiger partial charge in [0, 0.05) is 31.6 Å². The Morgan fingerprint density at radius 1 is 1.17 bits per heavy atom. The number of aromatic nitrogens is 4. The van der Waals surface area contributed by atoms with Crippen molar-refractivity contribution in [2.45, 2.75) is 76.4 Å². The molecule has 1 aliphatic carbocycles. The third-order valence-electron chi connectivity index (χ3n) is 8.47. The highest BCUT2D eigenvalue weighted by Crippen LogP contribution is 2.40. The molecule has 0 saturated heterocycles. The molecule has 212 valence electrons. The van der Waals surface area contributed by atoms with Gasteiger partial charge in [0.25, 0.3) is 5.56 Å². The number of nitrogens with zero attached hydrogens (tertiary/aromatic N) is 5. The zero-order valence-electron chi connectivity index (χ0n) is 23.5. The van der Waals surface area contributed by atoms with Crippen molar-refractivity contribution in [1.82, 2.24) is 19.2 Å². The monoisotopic (exact) mass is 553 g/mol. The lowest BCUT2D eigenvalue weighted by atomic mass is 9.79. The van der Waals surface area contributed by atoms with Gasteiger partial charge < -0.3 is 9.84 Å². The Kier molecular flexibility index (Phi) is 8.31. The molecule has 1 saturated carbocycles. The largest absolute Gasteiger partial charge is 0.481 e. The van der Waals surface area contributed by atoms with Gasteiger partial charge >= 0.3 is 5.97 Å². The van der Waals surface area contributed by atoms with Crippen LogP contribution in [0.5, 0.6) is 0 Å². The van der Waals surface area contributed by atoms with Crippen LogP contribution >= 0.6 is 0 Å². The second kappa shape index (κ2) is 12.1. The highest BCUT2D eigenvalue weighted by Gasteiger charge is 2.37. The van der Waals surface area contributed by atoms with Gasteiger partial charge in [-0.25, -0.2) is 4.52 Å². The summed E-state index contributed by atoms with van der Waals surface area (Å²) in [6.07, 6.45) is 6.76. The van der Waals surface area contributed by atoms with Crippen LogP contribution in [-0.2, 0) is 22.4 Å². The van der Waals surface area contributed by atoms with Gasteiger partial charge in [0.2, 0.25) is 5.78 Å². The number of carboxylic acids is 1. The molecule has 0 unspecified atom stereocenters. The first-order valence-electron chi connectivity index (χ1n) is 14.2. The molecular weight excluding hydrogens is 518 g/mol. The van der Waals surface area contributed by atoms with E-state index in [0.29, 0.717) is 61.9 Å². The Balaban J connectivity index is 1.49. The van der Waals surface area contributed by atoms with Crippen LogP contribution in [0.1, 0.15) is 80.3 Å². The van der Waals surface area contributed by atoms with E-state index >= 15 is 0 Å². The Hall–Kier alpha value is -4.29. The normalized spacial score (nSPS) is 18.8. The zero-order valence-corrected chi connectivity index (χ0v) is 23.5. The van der Waals surface area contributed by atoms with Gasteiger partial charge in [0.05, 0.1) is 22.9 Å². The van der Waals surface area contributed by atoms with E-state index in [1.54, 1.807) is 11.7 Å². The number of aliphatic carboxylic acids is 1. The van der Waals surface area contributed by atoms with E-state index in [-0.39, 0.29) is 18.0 Å². The summed E-state index contributed by atoms with van der Waals surface area (Å²) in [6.45, 7) is 2.09. The fraction of sp³-hybridized carbons (Fsp3) is 0.406. The summed E-state index contributed by atoms with van der Waals surface area (Å²) in [6, 6.07) is 17.7. The van der Waals surface area contributed by atoms with E-state index < -0.39 is 11.6 Å². The average molecular weight is 554 g/mol. The Bertz CT molecular complexity index is 1640. The van der Waals surface area contributed by atoms with Crippen LogP contribution in [0.3, 0.4) is 0 Å². The molecule has 0 bridgehead atoms. The third-order valence-corrected chi connectivity index (χ3v) is 8.47. The standard InChI is InChI=1S/C32H35N5O4/c1-3-6-28-27(19-22-9-11-23(12-10-22)26-8-5-4-7-24(26)20-33)30(40)36(31-34-21-35-37(28)31)25-13-16-32(41-2,17-14-25)18-15-29(38)39/h4-5,7-12,21,25H,3,6,13-19H2,1-2H3,(H,38,39)/t25-,32-. The summed E-state index contributed by atoms with van der Waals surface area (Å²) >= 11 is 0. The topological polar surface area (TPSA) is 123 Å². The predicted molar refractivity (Wildman–Crippen MR) is 155 cm³/mol. The molecule has 2 heterocycles. The van der Waals surface area contributed by atoms with Crippen LogP contribution in [0, 0.1) is 11.3 Å². The fourth-order valence-corrected chi connectivity index (χ4v) is 6.19. The quantitative estimate of drug-likeness (QED) is 0.281. The van der Waals surface area contributed by atoms with Gasteiger partial charge in [-0.15, -0.1) is 0 Å². The van der Waals surface area contributed by atoms with Crippen molar-refractivity contribution in [2.75, 3.05) is 7.11 Å². The molecule has 0 aliphatic heterocycles. The van der Waals surface area contributed by atoms with Crippen molar-refractivity contribution in [3.63, 3.8) is 0 Å². The molecule has 9 heteroatoms. The van der Waals surface area contributed by atoms with Crippen molar-refractivity contribution in [3.05, 3.63) is 87.6 Å². The smallest absolute Gasteiger partial charge is 0.303 e. The van der Waals surface area contributed by atoms with Crippen molar-refractivity contribution >= 4 is 11.7 Å². The van der Waals surface area contributed by atoms with Gasteiger partial charge in [-0.1, -0.05) is 55.8 Å². The number of ether oxygens (including phenoxy) is 1. The first-order chi connectivity index (χ1) is 19.9. The highest BCUT2D eigenvalue weighted by atomic mass is 16.5. The van der Waals surface area contributed by atoms with Crippen molar-refractivity contribution in [3.8, 4) is 17.2 Å². The molecular formula is C32H35N5O4. The molecule has 41 heavy (non-hydrogen) atoms. The molecule has 1 fully saturated rings. The van der Waals surface area contributed by atoms with E-state index in [1.165, 1.54) is 6.33 Å². The minimum absolute atomic E-state index is 0.0479. The molecule has 0 amide bonds. The number of hydrogen-bond donors (Lipinski definition) is 1. The number of carbonyl (C=O) groups is 1. The van der Waals surface area contributed by atoms with E-state index in [9.17, 15) is 20.0 Å². The van der Waals surface area contributed by atoms with Gasteiger partial charge in [0.1, 0.15) is 6.33 Å². The maximum atomic E-state index is 14.2. The fourth-order valence-electron chi connectivity index (χ4n) is 6.19. The molecule has 9 nitrogen and oxygen atoms in total. The predicted octanol–water partition coefficient (Wildman–Crippen LogP) is 5.34. The van der Waals surface area contributed by atoms with Gasteiger partial charge in [-0.05, 0) is 61.3 Å². The van der Waals surface area contributed by atoms with Crippen LogP contribution in [0.4, 0.5) is 0 Å². The highest BCUT2D eigenvalue weighted by molar-refractivity contribution is 5.70. The lowest BCUT2D eigenvalue weighted by Crippen LogP contribution is -2.40. The zero-order chi connectivity index (χ0) is 29.0. The number of rotatable bonds is 10. The number of benzene rings is 2. The van der Waals surface area contributed by atoms with Gasteiger partial charge in [0.15, 0.2) is 0 Å². The molecule has 2 aromatic heterocycles. The summed E-state index contributed by atoms with van der Waals surface area (Å²) < 4.78 is 9.45. The lowest BCUT2D eigenvalue weighted by molar-refractivity contribution is -0.139. The molecule has 0 radical (unpaired) electrons. The summed E-state index contributed by atoms with van der Waals surface area (Å²) in [4.78, 5) is 29.9. The summed E-state index contributed by atoms with van der Waals surface area (Å²) in [7, 11) is 1.65. The average Bonchev–Trinajstić information content (AvgIpc) is 3.48. The lowest BCUT2D eigenvalue weighted by Gasteiger charge is -2.39. The number of carboxylic acid groups (broad SMARTS) is 1. The first kappa shape index (κ1) is 28.2. The molecule has 2 aromatic carbocycles. The number of aryl methyl sites for hydroxylation is 1. The number of hydrogen-bond acceptors (Lipinski definition) is 6. The summed E-state index contributed by atoms with van der Waals surface area (Å²) in [5.74, 6) is -0.283. The molecule has 4 aromatic rings. The van der Waals surface area contributed by atoms with Crippen LogP contribution in [0.15, 0.2) is 59.7 Å². The number of fused-ring (bicyclic) bond motifs is 1. The van der Waals surface area contributed by atoms with Crippen LogP contribution < -0.4 is 5.56 Å². The first-order valence-corrected chi connectivity index (χ1v) is 14.2. The molecule has 1 aliphatic rings. The number of methoxy groups -OCH3 is 1.